The summed E-state index contributed by atoms with van der Waals surface area (Å²) in [6, 6.07) is 0. The van der Waals surface area contributed by atoms with Crippen molar-refractivity contribution in [2.75, 3.05) is 13.7 Å². The Morgan fingerprint density at radius 2 is 2.08 bits per heavy atom. The molecule has 1 N–H and O–H groups in total. The third-order valence-electron chi connectivity index (χ3n) is 1.14. The number of sulfonamides is 1. The largest absolute Gasteiger partial charge is 0.383 e. The van der Waals surface area contributed by atoms with Crippen molar-refractivity contribution in [3.05, 3.63) is 12.0 Å². The Balaban J connectivity index is 4.34. The fourth-order valence-corrected chi connectivity index (χ4v) is 1.73. The maximum Gasteiger partial charge on any atom is 0.233 e. The molecule has 0 aliphatic heterocycles. The average Bonchev–Trinajstić information content (AvgIpc) is 1.85. The van der Waals surface area contributed by atoms with Crippen molar-refractivity contribution < 1.29 is 13.2 Å². The van der Waals surface area contributed by atoms with Gasteiger partial charge in [-0.05, 0) is 13.8 Å². The monoisotopic (exact) mass is 193 g/mol. The van der Waals surface area contributed by atoms with Crippen LogP contribution in [-0.4, -0.2) is 27.7 Å². The van der Waals surface area contributed by atoms with Gasteiger partial charge in [0, 0.05) is 12.5 Å². The van der Waals surface area contributed by atoms with E-state index < -0.39 is 15.6 Å². The second-order valence-corrected chi connectivity index (χ2v) is 4.76. The van der Waals surface area contributed by atoms with E-state index in [1.165, 1.54) is 7.11 Å². The molecule has 5 heteroatoms. The van der Waals surface area contributed by atoms with Crippen LogP contribution in [0.3, 0.4) is 0 Å². The molecule has 0 saturated heterocycles. The number of hydrogen-bond acceptors (Lipinski definition) is 3. The van der Waals surface area contributed by atoms with E-state index >= 15 is 0 Å². The molecule has 0 fully saturated rings. The number of rotatable bonds is 5. The number of hydrogen-bond donors (Lipinski definition) is 1. The molecule has 4 nitrogen and oxygen atoms in total. The molecule has 12 heavy (non-hydrogen) atoms. The maximum absolute atomic E-state index is 11.0. The van der Waals surface area contributed by atoms with Gasteiger partial charge in [0.25, 0.3) is 0 Å². The molecule has 0 aromatic carbocycles. The Hall–Kier alpha value is -0.390. The van der Waals surface area contributed by atoms with E-state index in [0.29, 0.717) is 6.61 Å². The third kappa shape index (κ3) is 4.48. The predicted octanol–water partition coefficient (Wildman–Crippen LogP) is 0.474. The van der Waals surface area contributed by atoms with E-state index in [2.05, 4.69) is 11.3 Å². The maximum atomic E-state index is 11.0. The fourth-order valence-electron chi connectivity index (χ4n) is 0.817. The molecule has 0 aliphatic rings. The van der Waals surface area contributed by atoms with Gasteiger partial charge in [-0.15, -0.1) is 0 Å². The van der Waals surface area contributed by atoms with E-state index in [-0.39, 0.29) is 0 Å². The third-order valence-corrected chi connectivity index (χ3v) is 2.42. The molecule has 0 bridgehead atoms. The lowest BCUT2D eigenvalue weighted by Gasteiger charge is -2.23. The number of ether oxygens (including phenoxy) is 1. The highest BCUT2D eigenvalue weighted by molar-refractivity contribution is 7.92. The molecule has 0 saturated carbocycles. The summed E-state index contributed by atoms with van der Waals surface area (Å²) in [5, 5.41) is 0.879. The lowest BCUT2D eigenvalue weighted by atomic mass is 10.1. The van der Waals surface area contributed by atoms with Crippen LogP contribution in [0.2, 0.25) is 0 Å². The minimum atomic E-state index is -3.37. The zero-order chi connectivity index (χ0) is 9.83. The second-order valence-electron chi connectivity index (χ2n) is 3.13. The molecule has 72 valence electrons. The lowest BCUT2D eigenvalue weighted by molar-refractivity contribution is 0.141. The first-order valence-corrected chi connectivity index (χ1v) is 5.03. The highest BCUT2D eigenvalue weighted by Crippen LogP contribution is 2.04. The summed E-state index contributed by atoms with van der Waals surface area (Å²) in [7, 11) is -1.85. The molecule has 0 atom stereocenters. The van der Waals surface area contributed by atoms with Crippen LogP contribution in [0.4, 0.5) is 0 Å². The zero-order valence-electron chi connectivity index (χ0n) is 7.62. The minimum absolute atomic E-state index is 0.320. The smallest absolute Gasteiger partial charge is 0.233 e. The van der Waals surface area contributed by atoms with Crippen molar-refractivity contribution >= 4 is 10.0 Å². The van der Waals surface area contributed by atoms with Gasteiger partial charge in [-0.2, -0.15) is 0 Å². The van der Waals surface area contributed by atoms with Crippen molar-refractivity contribution in [1.29, 1.82) is 0 Å². The van der Waals surface area contributed by atoms with E-state index in [9.17, 15) is 8.42 Å². The first-order valence-electron chi connectivity index (χ1n) is 3.48. The Labute approximate surface area is 73.7 Å². The Bertz CT molecular complexity index is 243. The number of nitrogens with one attached hydrogen (secondary N) is 1. The molecule has 0 unspecified atom stereocenters. The molecule has 0 aromatic rings. The molecule has 0 aliphatic carbocycles. The van der Waals surface area contributed by atoms with Crippen LogP contribution in [0.5, 0.6) is 0 Å². The van der Waals surface area contributed by atoms with Gasteiger partial charge in [-0.1, -0.05) is 6.58 Å². The summed E-state index contributed by atoms with van der Waals surface area (Å²) in [6.07, 6.45) is 0. The Kier molecular flexibility index (Phi) is 3.89. The quantitative estimate of drug-likeness (QED) is 0.690. The topological polar surface area (TPSA) is 55.4 Å². The van der Waals surface area contributed by atoms with Gasteiger partial charge in [-0.3, -0.25) is 0 Å². The van der Waals surface area contributed by atoms with Gasteiger partial charge >= 0.3 is 0 Å². The average molecular weight is 193 g/mol. The summed E-state index contributed by atoms with van der Waals surface area (Å²) in [6.45, 7) is 6.97. The van der Waals surface area contributed by atoms with Gasteiger partial charge < -0.3 is 4.74 Å². The normalized spacial score (nSPS) is 12.9. The zero-order valence-corrected chi connectivity index (χ0v) is 8.44. The van der Waals surface area contributed by atoms with E-state index in [4.69, 9.17) is 4.74 Å². The Morgan fingerprint density at radius 3 is 2.42 bits per heavy atom. The van der Waals surface area contributed by atoms with Crippen molar-refractivity contribution in [3.8, 4) is 0 Å². The van der Waals surface area contributed by atoms with Crippen LogP contribution < -0.4 is 4.72 Å². The van der Waals surface area contributed by atoms with E-state index in [1.54, 1.807) is 13.8 Å². The SMILES string of the molecule is C=CS(=O)(=O)NC(C)(C)COC. The van der Waals surface area contributed by atoms with Crippen LogP contribution in [0.15, 0.2) is 12.0 Å². The molecule has 0 rings (SSSR count). The van der Waals surface area contributed by atoms with Crippen LogP contribution in [-0.2, 0) is 14.8 Å². The van der Waals surface area contributed by atoms with Crippen LogP contribution in [0.25, 0.3) is 0 Å². The minimum Gasteiger partial charge on any atom is -0.383 e. The van der Waals surface area contributed by atoms with E-state index in [0.717, 1.165) is 5.41 Å². The molecular formula is C7H15NO3S. The fraction of sp³-hybridized carbons (Fsp3) is 0.714. The first-order chi connectivity index (χ1) is 5.33. The van der Waals surface area contributed by atoms with Gasteiger partial charge in [-0.25, -0.2) is 13.1 Å². The van der Waals surface area contributed by atoms with Crippen molar-refractivity contribution in [2.24, 2.45) is 0 Å². The standard InChI is InChI=1S/C7H15NO3S/c1-5-12(9,10)8-7(2,3)6-11-4/h5,8H,1,6H2,2-4H3. The summed E-state index contributed by atoms with van der Waals surface area (Å²) in [5.41, 5.74) is -0.595. The van der Waals surface area contributed by atoms with Gasteiger partial charge in [0.1, 0.15) is 0 Å². The van der Waals surface area contributed by atoms with Crippen LogP contribution in [0.1, 0.15) is 13.8 Å². The van der Waals surface area contributed by atoms with Crippen LogP contribution >= 0.6 is 0 Å². The summed E-state index contributed by atoms with van der Waals surface area (Å²) in [5.74, 6) is 0. The highest BCUT2D eigenvalue weighted by Gasteiger charge is 2.22. The molecule has 0 heterocycles. The highest BCUT2D eigenvalue weighted by atomic mass is 32.2. The van der Waals surface area contributed by atoms with Crippen molar-refractivity contribution in [3.63, 3.8) is 0 Å². The van der Waals surface area contributed by atoms with Crippen molar-refractivity contribution in [1.82, 2.24) is 4.72 Å². The van der Waals surface area contributed by atoms with Gasteiger partial charge in [0.05, 0.1) is 12.1 Å². The molecule has 0 aromatic heterocycles. The van der Waals surface area contributed by atoms with Crippen molar-refractivity contribution in [2.45, 2.75) is 19.4 Å². The Morgan fingerprint density at radius 1 is 1.58 bits per heavy atom. The summed E-state index contributed by atoms with van der Waals surface area (Å²) < 4.78 is 29.3. The summed E-state index contributed by atoms with van der Waals surface area (Å²) >= 11 is 0. The molecular weight excluding hydrogens is 178 g/mol. The lowest BCUT2D eigenvalue weighted by Crippen LogP contribution is -2.45. The van der Waals surface area contributed by atoms with Gasteiger partial charge in [0.15, 0.2) is 0 Å². The van der Waals surface area contributed by atoms with E-state index in [1.807, 2.05) is 0 Å². The summed E-state index contributed by atoms with van der Waals surface area (Å²) in [4.78, 5) is 0. The second kappa shape index (κ2) is 4.02. The molecule has 0 spiro atoms. The molecule has 0 radical (unpaired) electrons. The first kappa shape index (κ1) is 11.6. The molecule has 0 amide bonds. The van der Waals surface area contributed by atoms with Gasteiger partial charge in [0.2, 0.25) is 10.0 Å². The predicted molar refractivity (Wildman–Crippen MR) is 48.2 cm³/mol. The number of methoxy groups -OCH3 is 1. The van der Waals surface area contributed by atoms with Crippen LogP contribution in [0, 0.1) is 0 Å².